The lowest BCUT2D eigenvalue weighted by Crippen LogP contribution is -2.46. The lowest BCUT2D eigenvalue weighted by atomic mass is 10.2. The van der Waals surface area contributed by atoms with E-state index < -0.39 is 18.0 Å². The van der Waals surface area contributed by atoms with Gasteiger partial charge < -0.3 is 20.8 Å². The van der Waals surface area contributed by atoms with Gasteiger partial charge in [-0.05, 0) is 0 Å². The van der Waals surface area contributed by atoms with Gasteiger partial charge >= 0.3 is 12.0 Å². The second-order valence-corrected chi connectivity index (χ2v) is 4.17. The lowest BCUT2D eigenvalue weighted by molar-refractivity contribution is -0.139. The van der Waals surface area contributed by atoms with E-state index in [1.807, 2.05) is 0 Å². The van der Waals surface area contributed by atoms with Crippen LogP contribution in [0.25, 0.3) is 0 Å². The molecule has 1 unspecified atom stereocenters. The zero-order chi connectivity index (χ0) is 13.1. The predicted molar refractivity (Wildman–Crippen MR) is 65.8 cm³/mol. The SMILES string of the molecule is C#CCSCCNC(=O)NC(CCO)C(=O)O. The minimum absolute atomic E-state index is 0.0192. The van der Waals surface area contributed by atoms with Crippen LogP contribution in [0.3, 0.4) is 0 Å². The number of nitrogens with one attached hydrogen (secondary N) is 2. The highest BCUT2D eigenvalue weighted by Gasteiger charge is 2.18. The molecule has 17 heavy (non-hydrogen) atoms. The minimum Gasteiger partial charge on any atom is -0.480 e. The van der Waals surface area contributed by atoms with Crippen LogP contribution in [-0.2, 0) is 4.79 Å². The fourth-order valence-corrected chi connectivity index (χ4v) is 1.47. The molecule has 4 N–H and O–H groups in total. The Bertz CT molecular complexity index is 291. The summed E-state index contributed by atoms with van der Waals surface area (Å²) >= 11 is 1.50. The molecule has 1 atom stereocenters. The van der Waals surface area contributed by atoms with Crippen molar-refractivity contribution in [2.24, 2.45) is 0 Å². The summed E-state index contributed by atoms with van der Waals surface area (Å²) in [6.07, 6.45) is 5.02. The van der Waals surface area contributed by atoms with Gasteiger partial charge in [0.1, 0.15) is 6.04 Å². The van der Waals surface area contributed by atoms with Gasteiger partial charge in [0, 0.05) is 25.3 Å². The van der Waals surface area contributed by atoms with Crippen LogP contribution in [0.5, 0.6) is 0 Å². The molecule has 0 aromatic carbocycles. The lowest BCUT2D eigenvalue weighted by Gasteiger charge is -2.13. The van der Waals surface area contributed by atoms with Gasteiger partial charge in [-0.2, -0.15) is 0 Å². The monoisotopic (exact) mass is 260 g/mol. The molecule has 0 spiro atoms. The number of hydrogen-bond donors (Lipinski definition) is 4. The van der Waals surface area contributed by atoms with Crippen LogP contribution >= 0.6 is 11.8 Å². The molecule has 2 amide bonds. The second kappa shape index (κ2) is 9.81. The maximum absolute atomic E-state index is 11.2. The van der Waals surface area contributed by atoms with Crippen molar-refractivity contribution >= 4 is 23.8 Å². The number of aliphatic hydroxyl groups is 1. The highest BCUT2D eigenvalue weighted by atomic mass is 32.2. The molecule has 96 valence electrons. The van der Waals surface area contributed by atoms with Crippen molar-refractivity contribution in [3.05, 3.63) is 0 Å². The Morgan fingerprint density at radius 2 is 2.18 bits per heavy atom. The van der Waals surface area contributed by atoms with Gasteiger partial charge in [-0.1, -0.05) is 5.92 Å². The second-order valence-electron chi connectivity index (χ2n) is 3.06. The number of urea groups is 1. The Morgan fingerprint density at radius 3 is 2.71 bits per heavy atom. The maximum Gasteiger partial charge on any atom is 0.326 e. The van der Waals surface area contributed by atoms with Gasteiger partial charge in [0.15, 0.2) is 0 Å². The van der Waals surface area contributed by atoms with E-state index in [0.717, 1.165) is 0 Å². The number of thioether (sulfide) groups is 1. The molecule has 0 aliphatic rings. The zero-order valence-electron chi connectivity index (χ0n) is 9.31. The van der Waals surface area contributed by atoms with Crippen LogP contribution in [0.1, 0.15) is 6.42 Å². The molecule has 0 saturated carbocycles. The summed E-state index contributed by atoms with van der Waals surface area (Å²) in [5.74, 6) is 2.52. The number of rotatable bonds is 8. The van der Waals surface area contributed by atoms with E-state index in [9.17, 15) is 9.59 Å². The first kappa shape index (κ1) is 15.6. The van der Waals surface area contributed by atoms with Crippen LogP contribution in [0.4, 0.5) is 4.79 Å². The summed E-state index contributed by atoms with van der Waals surface area (Å²) in [6.45, 7) is 0.110. The normalized spacial score (nSPS) is 11.3. The van der Waals surface area contributed by atoms with Gasteiger partial charge in [-0.3, -0.25) is 0 Å². The summed E-state index contributed by atoms with van der Waals surface area (Å²) in [4.78, 5) is 21.9. The Kier molecular flexibility index (Phi) is 9.01. The number of carboxylic acids is 1. The van der Waals surface area contributed by atoms with Gasteiger partial charge in [0.25, 0.3) is 0 Å². The van der Waals surface area contributed by atoms with E-state index >= 15 is 0 Å². The number of terminal acetylenes is 1. The predicted octanol–water partition coefficient (Wildman–Crippen LogP) is -0.512. The minimum atomic E-state index is -1.17. The third-order valence-corrected chi connectivity index (χ3v) is 2.60. The van der Waals surface area contributed by atoms with Crippen molar-refractivity contribution in [2.45, 2.75) is 12.5 Å². The molecule has 0 aliphatic carbocycles. The standard InChI is InChI=1S/C10H16N2O4S/c1-2-6-17-7-4-11-10(16)12-8(3-5-13)9(14)15/h1,8,13H,3-7H2,(H,14,15)(H2,11,12,16). The quantitative estimate of drug-likeness (QED) is 0.348. The summed E-state index contributed by atoms with van der Waals surface area (Å²) in [5, 5.41) is 22.1. The average Bonchev–Trinajstić information content (AvgIpc) is 2.28. The molecule has 0 rings (SSSR count). The molecule has 0 heterocycles. The number of aliphatic hydroxyl groups excluding tert-OH is 1. The molecule has 0 radical (unpaired) electrons. The molecule has 7 heteroatoms. The fourth-order valence-electron chi connectivity index (χ4n) is 0.964. The van der Waals surface area contributed by atoms with Crippen LogP contribution in [-0.4, -0.2) is 52.9 Å². The smallest absolute Gasteiger partial charge is 0.326 e. The molecule has 0 saturated heterocycles. The van der Waals surface area contributed by atoms with E-state index in [0.29, 0.717) is 18.1 Å². The van der Waals surface area contributed by atoms with E-state index in [1.165, 1.54) is 11.8 Å². The van der Waals surface area contributed by atoms with Gasteiger partial charge in [0.05, 0.1) is 5.75 Å². The number of carbonyl (C=O) groups excluding carboxylic acids is 1. The van der Waals surface area contributed by atoms with Crippen LogP contribution in [0, 0.1) is 12.3 Å². The first-order chi connectivity index (χ1) is 8.11. The number of carboxylic acid groups (broad SMARTS) is 1. The van der Waals surface area contributed by atoms with Crippen molar-refractivity contribution in [1.29, 1.82) is 0 Å². The van der Waals surface area contributed by atoms with Gasteiger partial charge in [-0.15, -0.1) is 18.2 Å². The van der Waals surface area contributed by atoms with E-state index in [1.54, 1.807) is 0 Å². The van der Waals surface area contributed by atoms with Crippen molar-refractivity contribution in [1.82, 2.24) is 10.6 Å². The first-order valence-electron chi connectivity index (χ1n) is 5.01. The fraction of sp³-hybridized carbons (Fsp3) is 0.600. The Morgan fingerprint density at radius 1 is 1.47 bits per heavy atom. The van der Waals surface area contributed by atoms with Crippen molar-refractivity contribution < 1.29 is 19.8 Å². The molecule has 6 nitrogen and oxygen atoms in total. The van der Waals surface area contributed by atoms with E-state index in [-0.39, 0.29) is 13.0 Å². The Labute approximate surface area is 104 Å². The van der Waals surface area contributed by atoms with Crippen molar-refractivity contribution in [3.8, 4) is 12.3 Å². The molecular formula is C10H16N2O4S. The van der Waals surface area contributed by atoms with Gasteiger partial charge in [-0.25, -0.2) is 9.59 Å². The molecule has 0 aromatic rings. The third-order valence-electron chi connectivity index (χ3n) is 1.74. The summed E-state index contributed by atoms with van der Waals surface area (Å²) in [7, 11) is 0. The highest BCUT2D eigenvalue weighted by molar-refractivity contribution is 7.99. The van der Waals surface area contributed by atoms with Crippen LogP contribution < -0.4 is 10.6 Å². The summed E-state index contributed by atoms with van der Waals surface area (Å²) in [6, 6.07) is -1.63. The number of aliphatic carboxylic acids is 1. The third kappa shape index (κ3) is 8.42. The summed E-state index contributed by atoms with van der Waals surface area (Å²) < 4.78 is 0. The van der Waals surface area contributed by atoms with E-state index in [2.05, 4.69) is 16.6 Å². The topological polar surface area (TPSA) is 98.7 Å². The Balaban J connectivity index is 3.75. The van der Waals surface area contributed by atoms with Crippen molar-refractivity contribution in [3.63, 3.8) is 0 Å². The Hall–Kier alpha value is -1.39. The molecule has 0 aromatic heterocycles. The van der Waals surface area contributed by atoms with Crippen molar-refractivity contribution in [2.75, 3.05) is 24.7 Å². The molecule has 0 bridgehead atoms. The van der Waals surface area contributed by atoms with Gasteiger partial charge in [0.2, 0.25) is 0 Å². The van der Waals surface area contributed by atoms with Crippen LogP contribution in [0.2, 0.25) is 0 Å². The first-order valence-corrected chi connectivity index (χ1v) is 6.16. The maximum atomic E-state index is 11.2. The van der Waals surface area contributed by atoms with E-state index in [4.69, 9.17) is 16.6 Å². The number of amides is 2. The summed E-state index contributed by atoms with van der Waals surface area (Å²) in [5.41, 5.74) is 0. The molecular weight excluding hydrogens is 244 g/mol. The molecule has 0 fully saturated rings. The zero-order valence-corrected chi connectivity index (χ0v) is 10.1. The number of carbonyl (C=O) groups is 2. The number of hydrogen-bond acceptors (Lipinski definition) is 4. The van der Waals surface area contributed by atoms with Crippen LogP contribution in [0.15, 0.2) is 0 Å². The highest BCUT2D eigenvalue weighted by Crippen LogP contribution is 1.95. The largest absolute Gasteiger partial charge is 0.480 e. The molecule has 0 aliphatic heterocycles. The average molecular weight is 260 g/mol.